The van der Waals surface area contributed by atoms with Gasteiger partial charge in [0.25, 0.3) is 11.8 Å². The fourth-order valence-corrected chi connectivity index (χ4v) is 5.61. The molecule has 1 fully saturated rings. The van der Waals surface area contributed by atoms with Gasteiger partial charge in [-0.05, 0) is 48.1 Å². The highest BCUT2D eigenvalue weighted by atomic mass is 32.1. The highest BCUT2D eigenvalue weighted by Crippen LogP contribution is 2.36. The SMILES string of the molecule is COc1ccc(OC)c(C(C(=O)NC2CCCCC2)N(Cc2ccccc2)C(=O)c2snc(C(N)=O)c2N)c1. The van der Waals surface area contributed by atoms with E-state index in [1.54, 1.807) is 18.2 Å². The molecule has 0 radical (unpaired) electrons. The van der Waals surface area contributed by atoms with Crippen LogP contribution >= 0.6 is 11.5 Å². The molecule has 1 atom stereocenters. The van der Waals surface area contributed by atoms with E-state index in [0.717, 1.165) is 49.2 Å². The normalized spacial score (nSPS) is 14.3. The number of nitrogens with zero attached hydrogens (tertiary/aromatic N) is 2. The van der Waals surface area contributed by atoms with E-state index < -0.39 is 17.9 Å². The van der Waals surface area contributed by atoms with Gasteiger partial charge in [-0.1, -0.05) is 49.6 Å². The highest BCUT2D eigenvalue weighted by molar-refractivity contribution is 7.09. The number of nitrogens with one attached hydrogen (secondary N) is 1. The number of aromatic nitrogens is 1. The minimum atomic E-state index is -1.11. The topological polar surface area (TPSA) is 150 Å². The molecular formula is C28H33N5O5S. The molecule has 2 aromatic carbocycles. The number of nitrogens with two attached hydrogens (primary N) is 2. The van der Waals surface area contributed by atoms with Crippen LogP contribution in [0.2, 0.25) is 0 Å². The van der Waals surface area contributed by atoms with Crippen molar-refractivity contribution >= 4 is 34.9 Å². The van der Waals surface area contributed by atoms with Crippen molar-refractivity contribution < 1.29 is 23.9 Å². The van der Waals surface area contributed by atoms with E-state index in [0.29, 0.717) is 17.1 Å². The second kappa shape index (κ2) is 12.6. The van der Waals surface area contributed by atoms with Crippen LogP contribution in [0.1, 0.15) is 69.4 Å². The summed E-state index contributed by atoms with van der Waals surface area (Å²) in [6.45, 7) is 0.0754. The lowest BCUT2D eigenvalue weighted by atomic mass is 9.94. The summed E-state index contributed by atoms with van der Waals surface area (Å²) in [6.07, 6.45) is 4.91. The van der Waals surface area contributed by atoms with Crippen molar-refractivity contribution in [2.45, 2.75) is 50.7 Å². The van der Waals surface area contributed by atoms with Gasteiger partial charge in [0.15, 0.2) is 5.69 Å². The fraction of sp³-hybridized carbons (Fsp3) is 0.357. The summed E-state index contributed by atoms with van der Waals surface area (Å²) in [7, 11) is 3.03. The maximum Gasteiger partial charge on any atom is 0.270 e. The van der Waals surface area contributed by atoms with Gasteiger partial charge in [-0.15, -0.1) is 0 Å². The Hall–Kier alpha value is -4.12. The smallest absolute Gasteiger partial charge is 0.270 e. The van der Waals surface area contributed by atoms with Gasteiger partial charge >= 0.3 is 0 Å². The standard InChI is InChI=1S/C28H33N5O5S/c1-37-19-13-14-21(38-2)20(15-19)24(27(35)31-18-11-7-4-8-12-18)33(16-17-9-5-3-6-10-17)28(36)25-22(29)23(26(30)34)32-39-25/h3,5-6,9-10,13-15,18,24H,4,7-8,11-12,16,29H2,1-2H3,(H2,30,34)(H,31,35). The molecule has 1 heterocycles. The van der Waals surface area contributed by atoms with E-state index in [2.05, 4.69) is 9.69 Å². The van der Waals surface area contributed by atoms with Crippen molar-refractivity contribution in [3.05, 3.63) is 70.2 Å². The molecule has 0 saturated heterocycles. The molecule has 1 saturated carbocycles. The number of anilines is 1. The molecule has 1 aliphatic rings. The van der Waals surface area contributed by atoms with Crippen LogP contribution in [0.15, 0.2) is 48.5 Å². The maximum absolute atomic E-state index is 14.2. The summed E-state index contributed by atoms with van der Waals surface area (Å²) in [5.74, 6) is -0.827. The zero-order valence-electron chi connectivity index (χ0n) is 22.0. The first-order valence-corrected chi connectivity index (χ1v) is 13.5. The number of primary amides is 1. The quantitative estimate of drug-likeness (QED) is 0.348. The van der Waals surface area contributed by atoms with E-state index in [4.69, 9.17) is 20.9 Å². The Morgan fingerprint density at radius 2 is 1.79 bits per heavy atom. The summed E-state index contributed by atoms with van der Waals surface area (Å²) in [4.78, 5) is 41.6. The molecule has 11 heteroatoms. The molecular weight excluding hydrogens is 518 g/mol. The Bertz CT molecular complexity index is 1320. The number of amides is 3. The van der Waals surface area contributed by atoms with Crippen molar-refractivity contribution in [1.82, 2.24) is 14.6 Å². The summed E-state index contributed by atoms with van der Waals surface area (Å²) in [5.41, 5.74) is 12.5. The second-order valence-corrected chi connectivity index (χ2v) is 10.2. The number of hydrogen-bond donors (Lipinski definition) is 3. The number of carbonyl (C=O) groups excluding carboxylic acids is 3. The third-order valence-corrected chi connectivity index (χ3v) is 7.71. The van der Waals surface area contributed by atoms with Crippen LogP contribution in [0.3, 0.4) is 0 Å². The Kier molecular flexibility index (Phi) is 9.03. The first-order chi connectivity index (χ1) is 18.8. The minimum absolute atomic E-state index is 0.00559. The minimum Gasteiger partial charge on any atom is -0.497 e. The van der Waals surface area contributed by atoms with E-state index in [1.807, 2.05) is 30.3 Å². The van der Waals surface area contributed by atoms with Gasteiger partial charge < -0.3 is 31.2 Å². The predicted octanol–water partition coefficient (Wildman–Crippen LogP) is 3.67. The third kappa shape index (κ3) is 6.31. The van der Waals surface area contributed by atoms with E-state index in [-0.39, 0.29) is 34.8 Å². The van der Waals surface area contributed by atoms with Gasteiger partial charge in [-0.25, -0.2) is 0 Å². The number of nitrogen functional groups attached to an aromatic ring is 1. The van der Waals surface area contributed by atoms with Gasteiger partial charge in [-0.3, -0.25) is 14.4 Å². The monoisotopic (exact) mass is 551 g/mol. The number of methoxy groups -OCH3 is 2. The lowest BCUT2D eigenvalue weighted by molar-refractivity contribution is -0.127. The first-order valence-electron chi connectivity index (χ1n) is 12.8. The fourth-order valence-electron chi connectivity index (χ4n) is 4.85. The molecule has 3 amide bonds. The van der Waals surface area contributed by atoms with Crippen molar-refractivity contribution in [1.29, 1.82) is 0 Å². The molecule has 206 valence electrons. The van der Waals surface area contributed by atoms with Crippen LogP contribution < -0.4 is 26.3 Å². The summed E-state index contributed by atoms with van der Waals surface area (Å²) < 4.78 is 15.1. The Balaban J connectivity index is 1.86. The van der Waals surface area contributed by atoms with E-state index >= 15 is 0 Å². The van der Waals surface area contributed by atoms with Gasteiger partial charge in [-0.2, -0.15) is 4.37 Å². The van der Waals surface area contributed by atoms with Crippen LogP contribution in [-0.4, -0.2) is 47.3 Å². The molecule has 0 aliphatic heterocycles. The third-order valence-electron chi connectivity index (χ3n) is 6.86. The average molecular weight is 552 g/mol. The van der Waals surface area contributed by atoms with Crippen LogP contribution in [-0.2, 0) is 11.3 Å². The van der Waals surface area contributed by atoms with Crippen molar-refractivity contribution in [2.24, 2.45) is 5.73 Å². The summed E-state index contributed by atoms with van der Waals surface area (Å²) in [6, 6.07) is 13.3. The number of hydrogen-bond acceptors (Lipinski definition) is 8. The molecule has 4 rings (SSSR count). The molecule has 10 nitrogen and oxygen atoms in total. The number of carbonyl (C=O) groups is 3. The van der Waals surface area contributed by atoms with Crippen molar-refractivity contribution in [3.63, 3.8) is 0 Å². The first kappa shape index (κ1) is 27.9. The Morgan fingerprint density at radius 3 is 2.41 bits per heavy atom. The van der Waals surface area contributed by atoms with Gasteiger partial charge in [0.05, 0.1) is 19.9 Å². The van der Waals surface area contributed by atoms with Crippen LogP contribution in [0.25, 0.3) is 0 Å². The van der Waals surface area contributed by atoms with Gasteiger partial charge in [0.2, 0.25) is 5.91 Å². The number of rotatable bonds is 10. The Labute approximate surface area is 231 Å². The Morgan fingerprint density at radius 1 is 1.08 bits per heavy atom. The maximum atomic E-state index is 14.2. The molecule has 3 aromatic rings. The molecule has 1 unspecified atom stereocenters. The summed E-state index contributed by atoms with van der Waals surface area (Å²) >= 11 is 0.774. The molecule has 5 N–H and O–H groups in total. The predicted molar refractivity (Wildman–Crippen MR) is 149 cm³/mol. The van der Waals surface area contributed by atoms with Gasteiger partial charge in [0.1, 0.15) is 22.4 Å². The van der Waals surface area contributed by atoms with Crippen molar-refractivity contribution in [3.8, 4) is 11.5 Å². The highest BCUT2D eigenvalue weighted by Gasteiger charge is 2.37. The zero-order valence-corrected chi connectivity index (χ0v) is 22.8. The largest absolute Gasteiger partial charge is 0.497 e. The molecule has 0 bridgehead atoms. The molecule has 1 aliphatic carbocycles. The molecule has 1 aromatic heterocycles. The van der Waals surface area contributed by atoms with E-state index in [1.165, 1.54) is 19.1 Å². The molecule has 39 heavy (non-hydrogen) atoms. The number of benzene rings is 2. The second-order valence-electron chi connectivity index (χ2n) is 9.41. The zero-order chi connectivity index (χ0) is 27.9. The lowest BCUT2D eigenvalue weighted by Gasteiger charge is -2.34. The lowest BCUT2D eigenvalue weighted by Crippen LogP contribution is -2.47. The van der Waals surface area contributed by atoms with Crippen LogP contribution in [0.4, 0.5) is 5.69 Å². The van der Waals surface area contributed by atoms with Gasteiger partial charge in [0, 0.05) is 18.2 Å². The number of ether oxygens (including phenoxy) is 2. The molecule has 0 spiro atoms. The van der Waals surface area contributed by atoms with Crippen molar-refractivity contribution in [2.75, 3.05) is 20.0 Å². The van der Waals surface area contributed by atoms with Crippen LogP contribution in [0, 0.1) is 0 Å². The summed E-state index contributed by atoms with van der Waals surface area (Å²) in [5, 5.41) is 3.17. The average Bonchev–Trinajstić information content (AvgIpc) is 3.34. The van der Waals surface area contributed by atoms with E-state index in [9.17, 15) is 14.4 Å². The van der Waals surface area contributed by atoms with Crippen LogP contribution in [0.5, 0.6) is 11.5 Å².